The first-order valence-corrected chi connectivity index (χ1v) is 5.62. The number of halogens is 1. The average molecular weight is 306 g/mol. The number of amidine groups is 1. The first-order valence-electron chi connectivity index (χ1n) is 4.82. The minimum atomic E-state index is -0.385. The molecule has 0 bridgehead atoms. The lowest BCUT2D eigenvalue weighted by Gasteiger charge is -2.04. The van der Waals surface area contributed by atoms with Gasteiger partial charge in [-0.25, -0.2) is 0 Å². The number of hydrazone groups is 1. The van der Waals surface area contributed by atoms with Crippen molar-refractivity contribution in [2.75, 3.05) is 5.43 Å². The number of aromatic amines is 1. The minimum absolute atomic E-state index is 0.174. The van der Waals surface area contributed by atoms with Crippen molar-refractivity contribution in [3.8, 4) is 6.07 Å². The molecule has 0 aliphatic rings. The molecule has 0 aliphatic heterocycles. The molecule has 0 amide bonds. The SMILES string of the molecule is N#C/C(=N\Nc1cc2[nH]ncc2cc1Br)C(=N)N. The Hall–Kier alpha value is -2.40. The Morgan fingerprint density at radius 2 is 2.39 bits per heavy atom. The average Bonchev–Trinajstić information content (AvgIpc) is 2.76. The minimum Gasteiger partial charge on any atom is -0.382 e. The highest BCUT2D eigenvalue weighted by atomic mass is 79.9. The van der Waals surface area contributed by atoms with Crippen LogP contribution >= 0.6 is 15.9 Å². The van der Waals surface area contributed by atoms with E-state index in [1.807, 2.05) is 6.07 Å². The van der Waals surface area contributed by atoms with E-state index in [1.54, 1.807) is 18.3 Å². The lowest BCUT2D eigenvalue weighted by molar-refractivity contribution is 1.12. The van der Waals surface area contributed by atoms with Crippen LogP contribution in [0.5, 0.6) is 0 Å². The highest BCUT2D eigenvalue weighted by molar-refractivity contribution is 9.10. The molecule has 0 radical (unpaired) electrons. The van der Waals surface area contributed by atoms with E-state index < -0.39 is 0 Å². The van der Waals surface area contributed by atoms with E-state index in [4.69, 9.17) is 16.4 Å². The summed E-state index contributed by atoms with van der Waals surface area (Å²) in [7, 11) is 0. The molecule has 1 heterocycles. The van der Waals surface area contributed by atoms with Gasteiger partial charge in [0.2, 0.25) is 5.71 Å². The molecule has 2 rings (SSSR count). The molecule has 0 saturated heterocycles. The molecular formula is C10H8BrN7. The molecule has 90 valence electrons. The zero-order chi connectivity index (χ0) is 13.1. The Morgan fingerprint density at radius 3 is 3.06 bits per heavy atom. The van der Waals surface area contributed by atoms with Crippen molar-refractivity contribution in [1.82, 2.24) is 10.2 Å². The largest absolute Gasteiger partial charge is 0.382 e. The zero-order valence-electron chi connectivity index (χ0n) is 9.03. The number of hydrogen-bond donors (Lipinski definition) is 4. The third-order valence-electron chi connectivity index (χ3n) is 2.18. The van der Waals surface area contributed by atoms with Crippen molar-refractivity contribution in [3.63, 3.8) is 0 Å². The molecule has 0 unspecified atom stereocenters. The molecule has 2 aromatic rings. The molecular weight excluding hydrogens is 298 g/mol. The molecule has 0 atom stereocenters. The zero-order valence-corrected chi connectivity index (χ0v) is 10.6. The van der Waals surface area contributed by atoms with Crippen molar-refractivity contribution >= 4 is 44.1 Å². The quantitative estimate of drug-likeness (QED) is 0.390. The van der Waals surface area contributed by atoms with E-state index in [0.717, 1.165) is 15.4 Å². The number of nitrogens with two attached hydrogens (primary N) is 1. The first kappa shape index (κ1) is 12.1. The number of rotatable bonds is 3. The molecule has 5 N–H and O–H groups in total. The number of benzene rings is 1. The number of nitrogens with one attached hydrogen (secondary N) is 3. The molecule has 8 heteroatoms. The Balaban J connectivity index is 2.34. The van der Waals surface area contributed by atoms with Gasteiger partial charge in [0.05, 0.1) is 17.4 Å². The smallest absolute Gasteiger partial charge is 0.201 e. The van der Waals surface area contributed by atoms with Crippen LogP contribution in [-0.2, 0) is 0 Å². The summed E-state index contributed by atoms with van der Waals surface area (Å²) in [5, 5.41) is 27.3. The van der Waals surface area contributed by atoms with Crippen molar-refractivity contribution in [1.29, 1.82) is 10.7 Å². The lowest BCUT2D eigenvalue weighted by atomic mass is 10.2. The fourth-order valence-electron chi connectivity index (χ4n) is 1.31. The third kappa shape index (κ3) is 2.31. The van der Waals surface area contributed by atoms with Crippen molar-refractivity contribution in [2.45, 2.75) is 0 Å². The van der Waals surface area contributed by atoms with Gasteiger partial charge in [0.1, 0.15) is 6.07 Å². The van der Waals surface area contributed by atoms with E-state index in [0.29, 0.717) is 5.69 Å². The maximum absolute atomic E-state index is 8.71. The monoisotopic (exact) mass is 305 g/mol. The highest BCUT2D eigenvalue weighted by Crippen LogP contribution is 2.27. The van der Waals surface area contributed by atoms with Crippen molar-refractivity contribution in [3.05, 3.63) is 22.8 Å². The number of aromatic nitrogens is 2. The van der Waals surface area contributed by atoms with Crippen molar-refractivity contribution in [2.24, 2.45) is 10.8 Å². The maximum atomic E-state index is 8.71. The van der Waals surface area contributed by atoms with Gasteiger partial charge >= 0.3 is 0 Å². The van der Waals surface area contributed by atoms with Crippen LogP contribution in [0.4, 0.5) is 5.69 Å². The second kappa shape index (κ2) is 4.85. The van der Waals surface area contributed by atoms with E-state index in [2.05, 4.69) is 36.7 Å². The highest BCUT2D eigenvalue weighted by Gasteiger charge is 2.05. The van der Waals surface area contributed by atoms with Crippen LogP contribution in [0.15, 0.2) is 27.9 Å². The predicted octanol–water partition coefficient (Wildman–Crippen LogP) is 1.55. The molecule has 7 nitrogen and oxygen atoms in total. The molecule has 18 heavy (non-hydrogen) atoms. The van der Waals surface area contributed by atoms with Crippen LogP contribution in [0.1, 0.15) is 0 Å². The van der Waals surface area contributed by atoms with E-state index in [1.165, 1.54) is 0 Å². The fraction of sp³-hybridized carbons (Fsp3) is 0. The predicted molar refractivity (Wildman–Crippen MR) is 72.4 cm³/mol. The van der Waals surface area contributed by atoms with Gasteiger partial charge in [0.25, 0.3) is 0 Å². The Kier molecular flexibility index (Phi) is 3.25. The second-order valence-electron chi connectivity index (χ2n) is 3.39. The van der Waals surface area contributed by atoms with Gasteiger partial charge < -0.3 is 5.73 Å². The number of nitriles is 1. The standard InChI is InChI=1S/C10H8BrN7/c11-6-1-5-4-15-16-7(5)2-8(6)17-18-9(3-12)10(13)14/h1-2,4,17H,(H3,13,14)(H,15,16)/b18-9+. The van der Waals surface area contributed by atoms with Gasteiger partial charge in [-0.2, -0.15) is 15.5 Å². The fourth-order valence-corrected chi connectivity index (χ4v) is 1.76. The van der Waals surface area contributed by atoms with Crippen molar-refractivity contribution < 1.29 is 0 Å². The topological polar surface area (TPSA) is 127 Å². The molecule has 0 spiro atoms. The molecule has 0 fully saturated rings. The number of fused-ring (bicyclic) bond motifs is 1. The summed E-state index contributed by atoms with van der Waals surface area (Å²) < 4.78 is 0.765. The molecule has 1 aromatic heterocycles. The van der Waals surface area contributed by atoms with Crippen LogP contribution in [-0.4, -0.2) is 21.7 Å². The summed E-state index contributed by atoms with van der Waals surface area (Å²) >= 11 is 3.37. The lowest BCUT2D eigenvalue weighted by Crippen LogP contribution is -2.21. The molecule has 0 saturated carbocycles. The Labute approximate surface area is 110 Å². The Morgan fingerprint density at radius 1 is 1.61 bits per heavy atom. The number of anilines is 1. The molecule has 1 aromatic carbocycles. The third-order valence-corrected chi connectivity index (χ3v) is 2.83. The van der Waals surface area contributed by atoms with E-state index in [-0.39, 0.29) is 11.5 Å². The van der Waals surface area contributed by atoms with Crippen LogP contribution < -0.4 is 11.2 Å². The number of H-pyrrole nitrogens is 1. The van der Waals surface area contributed by atoms with Crippen LogP contribution in [0.2, 0.25) is 0 Å². The summed E-state index contributed by atoms with van der Waals surface area (Å²) in [5.74, 6) is -0.385. The second-order valence-corrected chi connectivity index (χ2v) is 4.24. The van der Waals surface area contributed by atoms with Crippen LogP contribution in [0, 0.1) is 16.7 Å². The molecule has 0 aliphatic carbocycles. The Bertz CT molecular complexity index is 679. The summed E-state index contributed by atoms with van der Waals surface area (Å²) in [5.41, 5.74) is 9.16. The van der Waals surface area contributed by atoms with Gasteiger partial charge in [-0.3, -0.25) is 15.9 Å². The van der Waals surface area contributed by atoms with Crippen LogP contribution in [0.3, 0.4) is 0 Å². The summed E-state index contributed by atoms with van der Waals surface area (Å²) in [4.78, 5) is 0. The maximum Gasteiger partial charge on any atom is 0.201 e. The first-order chi connectivity index (χ1) is 8.61. The van der Waals surface area contributed by atoms with Gasteiger partial charge in [0, 0.05) is 9.86 Å². The number of nitrogens with zero attached hydrogens (tertiary/aromatic N) is 3. The van der Waals surface area contributed by atoms with E-state index in [9.17, 15) is 0 Å². The van der Waals surface area contributed by atoms with Crippen LogP contribution in [0.25, 0.3) is 10.9 Å². The normalized spacial score (nSPS) is 11.2. The van der Waals surface area contributed by atoms with E-state index >= 15 is 0 Å². The van der Waals surface area contributed by atoms with Gasteiger partial charge in [0.15, 0.2) is 5.84 Å². The van der Waals surface area contributed by atoms with Gasteiger partial charge in [-0.1, -0.05) is 0 Å². The van der Waals surface area contributed by atoms with Gasteiger partial charge in [-0.15, -0.1) is 0 Å². The number of hydrogen-bond acceptors (Lipinski definition) is 5. The van der Waals surface area contributed by atoms with Gasteiger partial charge in [-0.05, 0) is 28.1 Å². The summed E-state index contributed by atoms with van der Waals surface area (Å²) in [6.45, 7) is 0. The summed E-state index contributed by atoms with van der Waals surface area (Å²) in [6, 6.07) is 5.37. The summed E-state index contributed by atoms with van der Waals surface area (Å²) in [6.07, 6.45) is 1.70.